The van der Waals surface area contributed by atoms with Crippen LogP contribution in [-0.2, 0) is 12.0 Å². The Balaban J connectivity index is 2.06. The fourth-order valence-corrected chi connectivity index (χ4v) is 3.95. The molecule has 0 saturated carbocycles. The maximum Gasteiger partial charge on any atom is 0.121 e. The Kier molecular flexibility index (Phi) is 5.08. The standard InChI is InChI=1S/C24H21ClN2/c25-17-16-23-18-27(19-26-23)24(20-10-4-1-5-11-20,21-12-6-2-7-13-21)22-14-8-3-9-15-22/h1-15,18-19H,16-17H2. The summed E-state index contributed by atoms with van der Waals surface area (Å²) in [5.41, 5.74) is 4.07. The molecule has 0 aliphatic carbocycles. The maximum absolute atomic E-state index is 5.96. The van der Waals surface area contributed by atoms with E-state index in [4.69, 9.17) is 11.6 Å². The predicted molar refractivity (Wildman–Crippen MR) is 111 cm³/mol. The number of halogens is 1. The summed E-state index contributed by atoms with van der Waals surface area (Å²) in [6, 6.07) is 31.8. The van der Waals surface area contributed by atoms with Gasteiger partial charge >= 0.3 is 0 Å². The van der Waals surface area contributed by atoms with E-state index in [-0.39, 0.29) is 0 Å². The number of imidazole rings is 1. The van der Waals surface area contributed by atoms with Crippen LogP contribution in [-0.4, -0.2) is 15.4 Å². The first-order chi connectivity index (χ1) is 13.4. The molecule has 1 heterocycles. The summed E-state index contributed by atoms with van der Waals surface area (Å²) in [6.07, 6.45) is 4.80. The fourth-order valence-electron chi connectivity index (χ4n) is 3.76. The van der Waals surface area contributed by atoms with Crippen molar-refractivity contribution >= 4 is 11.6 Å². The van der Waals surface area contributed by atoms with Crippen LogP contribution in [0.25, 0.3) is 0 Å². The molecule has 2 nitrogen and oxygen atoms in total. The van der Waals surface area contributed by atoms with Crippen LogP contribution in [0.1, 0.15) is 22.4 Å². The van der Waals surface area contributed by atoms with Crippen LogP contribution in [0.15, 0.2) is 104 Å². The molecular weight excluding hydrogens is 352 g/mol. The maximum atomic E-state index is 5.96. The van der Waals surface area contributed by atoms with E-state index in [9.17, 15) is 0 Å². The van der Waals surface area contributed by atoms with Gasteiger partial charge in [-0.3, -0.25) is 0 Å². The van der Waals surface area contributed by atoms with Crippen molar-refractivity contribution in [1.82, 2.24) is 9.55 Å². The molecule has 134 valence electrons. The molecule has 0 fully saturated rings. The normalized spacial score (nSPS) is 11.4. The molecule has 3 heteroatoms. The van der Waals surface area contributed by atoms with Crippen molar-refractivity contribution < 1.29 is 0 Å². The zero-order valence-corrected chi connectivity index (χ0v) is 15.8. The summed E-state index contributed by atoms with van der Waals surface area (Å²) in [7, 11) is 0. The van der Waals surface area contributed by atoms with Gasteiger partial charge < -0.3 is 4.57 Å². The Morgan fingerprint density at radius 2 is 1.15 bits per heavy atom. The van der Waals surface area contributed by atoms with Crippen LogP contribution in [0, 0.1) is 0 Å². The minimum absolute atomic E-state index is 0.499. The first-order valence-corrected chi connectivity index (χ1v) is 9.65. The highest BCUT2D eigenvalue weighted by atomic mass is 35.5. The third-order valence-electron chi connectivity index (χ3n) is 4.95. The second-order valence-corrected chi connectivity index (χ2v) is 6.90. The lowest BCUT2D eigenvalue weighted by Crippen LogP contribution is -2.36. The topological polar surface area (TPSA) is 17.8 Å². The molecule has 0 unspecified atom stereocenters. The molecule has 0 bridgehead atoms. The molecule has 4 rings (SSSR count). The largest absolute Gasteiger partial charge is 0.319 e. The van der Waals surface area contributed by atoms with Gasteiger partial charge in [0.1, 0.15) is 5.54 Å². The van der Waals surface area contributed by atoms with Gasteiger partial charge in [0.2, 0.25) is 0 Å². The zero-order valence-electron chi connectivity index (χ0n) is 15.0. The van der Waals surface area contributed by atoms with E-state index in [0.717, 1.165) is 12.1 Å². The van der Waals surface area contributed by atoms with E-state index in [1.807, 2.05) is 6.33 Å². The number of hydrogen-bond acceptors (Lipinski definition) is 1. The van der Waals surface area contributed by atoms with Gasteiger partial charge in [0.05, 0.1) is 12.0 Å². The highest BCUT2D eigenvalue weighted by Crippen LogP contribution is 2.40. The van der Waals surface area contributed by atoms with E-state index in [1.54, 1.807) is 0 Å². The predicted octanol–water partition coefficient (Wildman–Crippen LogP) is 5.50. The van der Waals surface area contributed by atoms with Crippen LogP contribution in [0.2, 0.25) is 0 Å². The van der Waals surface area contributed by atoms with Crippen molar-refractivity contribution in [2.45, 2.75) is 12.0 Å². The highest BCUT2D eigenvalue weighted by Gasteiger charge is 2.38. The molecule has 3 aromatic carbocycles. The summed E-state index contributed by atoms with van der Waals surface area (Å²) in [6.45, 7) is 0. The van der Waals surface area contributed by atoms with Crippen molar-refractivity contribution in [3.05, 3.63) is 126 Å². The SMILES string of the molecule is ClCCc1cn(C(c2ccccc2)(c2ccccc2)c2ccccc2)cn1. The smallest absolute Gasteiger partial charge is 0.121 e. The number of rotatable bonds is 6. The first-order valence-electron chi connectivity index (χ1n) is 9.11. The van der Waals surface area contributed by atoms with Crippen molar-refractivity contribution in [3.8, 4) is 0 Å². The average molecular weight is 373 g/mol. The zero-order chi connectivity index (χ0) is 18.5. The Morgan fingerprint density at radius 3 is 1.56 bits per heavy atom. The summed E-state index contributed by atoms with van der Waals surface area (Å²) < 4.78 is 2.22. The number of hydrogen-bond donors (Lipinski definition) is 0. The number of alkyl halides is 1. The Morgan fingerprint density at radius 1 is 0.704 bits per heavy atom. The van der Waals surface area contributed by atoms with Crippen molar-refractivity contribution in [3.63, 3.8) is 0 Å². The summed E-state index contributed by atoms with van der Waals surface area (Å²) in [5.74, 6) is 0.562. The number of aryl methyl sites for hydroxylation is 1. The Bertz CT molecular complexity index is 882. The molecule has 0 spiro atoms. The van der Waals surface area contributed by atoms with Gasteiger partial charge in [0.15, 0.2) is 0 Å². The fraction of sp³-hybridized carbons (Fsp3) is 0.125. The molecule has 0 atom stereocenters. The number of aromatic nitrogens is 2. The quantitative estimate of drug-likeness (QED) is 0.322. The molecular formula is C24H21ClN2. The second-order valence-electron chi connectivity index (χ2n) is 6.52. The van der Waals surface area contributed by atoms with Gasteiger partial charge in [-0.05, 0) is 16.7 Å². The molecule has 27 heavy (non-hydrogen) atoms. The number of benzene rings is 3. The summed E-state index contributed by atoms with van der Waals surface area (Å²) in [4.78, 5) is 4.63. The van der Waals surface area contributed by atoms with Crippen LogP contribution in [0.4, 0.5) is 0 Å². The van der Waals surface area contributed by atoms with Crippen LogP contribution >= 0.6 is 11.6 Å². The van der Waals surface area contributed by atoms with Crippen LogP contribution in [0.3, 0.4) is 0 Å². The van der Waals surface area contributed by atoms with Crippen LogP contribution < -0.4 is 0 Å². The van der Waals surface area contributed by atoms with E-state index >= 15 is 0 Å². The third kappa shape index (κ3) is 3.17. The van der Waals surface area contributed by atoms with Crippen LogP contribution in [0.5, 0.6) is 0 Å². The highest BCUT2D eigenvalue weighted by molar-refractivity contribution is 6.17. The first kappa shape index (κ1) is 17.6. The molecule has 0 amide bonds. The van der Waals surface area contributed by atoms with Gasteiger partial charge in [0.25, 0.3) is 0 Å². The third-order valence-corrected chi connectivity index (χ3v) is 5.14. The van der Waals surface area contributed by atoms with Crippen molar-refractivity contribution in [2.24, 2.45) is 0 Å². The van der Waals surface area contributed by atoms with E-state index in [0.29, 0.717) is 5.88 Å². The minimum Gasteiger partial charge on any atom is -0.319 e. The average Bonchev–Trinajstić information content (AvgIpc) is 3.20. The van der Waals surface area contributed by atoms with Gasteiger partial charge in [0, 0.05) is 18.5 Å². The molecule has 0 aliphatic heterocycles. The number of nitrogens with zero attached hydrogens (tertiary/aromatic N) is 2. The summed E-state index contributed by atoms with van der Waals surface area (Å²) in [5, 5.41) is 0. The second kappa shape index (κ2) is 7.81. The van der Waals surface area contributed by atoms with E-state index in [1.165, 1.54) is 16.7 Å². The monoisotopic (exact) mass is 372 g/mol. The van der Waals surface area contributed by atoms with Gasteiger partial charge in [-0.25, -0.2) is 4.98 Å². The van der Waals surface area contributed by atoms with Gasteiger partial charge in [-0.1, -0.05) is 91.0 Å². The lowest BCUT2D eigenvalue weighted by Gasteiger charge is -2.37. The summed E-state index contributed by atoms with van der Waals surface area (Å²) >= 11 is 5.96. The Hall–Kier alpha value is -2.84. The van der Waals surface area contributed by atoms with E-state index in [2.05, 4.69) is 107 Å². The molecule has 1 aromatic heterocycles. The lowest BCUT2D eigenvalue weighted by atomic mass is 9.77. The van der Waals surface area contributed by atoms with Crippen molar-refractivity contribution in [1.29, 1.82) is 0 Å². The Labute approximate surface area is 165 Å². The molecule has 0 N–H and O–H groups in total. The van der Waals surface area contributed by atoms with Gasteiger partial charge in [-0.15, -0.1) is 11.6 Å². The molecule has 4 aromatic rings. The minimum atomic E-state index is -0.499. The lowest BCUT2D eigenvalue weighted by molar-refractivity contribution is 0.514. The molecule has 0 radical (unpaired) electrons. The molecule has 0 aliphatic rings. The van der Waals surface area contributed by atoms with Crippen molar-refractivity contribution in [2.75, 3.05) is 5.88 Å². The van der Waals surface area contributed by atoms with E-state index < -0.39 is 5.54 Å². The molecule has 0 saturated heterocycles. The van der Waals surface area contributed by atoms with Gasteiger partial charge in [-0.2, -0.15) is 0 Å².